The Labute approximate surface area is 123 Å². The van der Waals surface area contributed by atoms with Gasteiger partial charge in [0.2, 0.25) is 0 Å². The summed E-state index contributed by atoms with van der Waals surface area (Å²) in [5, 5.41) is 9.80. The minimum Gasteiger partial charge on any atom is -0.334 e. The molecule has 110 valence electrons. The number of likely N-dealkylation sites (tertiary alicyclic amines) is 1. The Balaban J connectivity index is 1.64. The lowest BCUT2D eigenvalue weighted by Crippen LogP contribution is -2.44. The maximum atomic E-state index is 12.4. The number of piperidine rings is 1. The molecule has 0 bridgehead atoms. The van der Waals surface area contributed by atoms with Crippen LogP contribution in [0.15, 0.2) is 36.9 Å². The number of urea groups is 1. The van der Waals surface area contributed by atoms with Gasteiger partial charge >= 0.3 is 6.03 Å². The SMILES string of the molecule is O=C(NCc1cccnc1)N1CCCCC1c1cn[nH]c1. The predicted molar refractivity (Wildman–Crippen MR) is 78.4 cm³/mol. The lowest BCUT2D eigenvalue weighted by atomic mass is 9.98. The molecule has 1 aliphatic heterocycles. The molecular formula is C15H19N5O. The van der Waals surface area contributed by atoms with Crippen molar-refractivity contribution in [2.75, 3.05) is 6.54 Å². The number of carbonyl (C=O) groups is 1. The van der Waals surface area contributed by atoms with Gasteiger partial charge in [-0.3, -0.25) is 10.1 Å². The molecule has 0 aliphatic carbocycles. The molecule has 0 saturated carbocycles. The molecule has 21 heavy (non-hydrogen) atoms. The average molecular weight is 285 g/mol. The van der Waals surface area contributed by atoms with E-state index in [0.29, 0.717) is 6.54 Å². The Morgan fingerprint density at radius 3 is 3.14 bits per heavy atom. The highest BCUT2D eigenvalue weighted by Crippen LogP contribution is 2.30. The van der Waals surface area contributed by atoms with Crippen molar-refractivity contribution in [3.05, 3.63) is 48.0 Å². The van der Waals surface area contributed by atoms with E-state index in [0.717, 1.165) is 36.9 Å². The van der Waals surface area contributed by atoms with Gasteiger partial charge in [-0.05, 0) is 30.9 Å². The molecule has 1 atom stereocenters. The van der Waals surface area contributed by atoms with E-state index in [4.69, 9.17) is 0 Å². The van der Waals surface area contributed by atoms with Crippen molar-refractivity contribution in [3.63, 3.8) is 0 Å². The van der Waals surface area contributed by atoms with Gasteiger partial charge in [-0.15, -0.1) is 0 Å². The van der Waals surface area contributed by atoms with Crippen LogP contribution in [0, 0.1) is 0 Å². The van der Waals surface area contributed by atoms with Crippen LogP contribution >= 0.6 is 0 Å². The molecule has 0 radical (unpaired) electrons. The summed E-state index contributed by atoms with van der Waals surface area (Å²) in [5.41, 5.74) is 2.08. The van der Waals surface area contributed by atoms with Crippen molar-refractivity contribution in [2.45, 2.75) is 31.8 Å². The van der Waals surface area contributed by atoms with Crippen LogP contribution in [-0.2, 0) is 6.54 Å². The molecule has 3 heterocycles. The number of amides is 2. The third-order valence-corrected chi connectivity index (χ3v) is 3.83. The molecule has 1 fully saturated rings. The van der Waals surface area contributed by atoms with Gasteiger partial charge in [-0.1, -0.05) is 6.07 Å². The normalized spacial score (nSPS) is 18.5. The van der Waals surface area contributed by atoms with Crippen molar-refractivity contribution in [3.8, 4) is 0 Å². The van der Waals surface area contributed by atoms with Crippen LogP contribution in [0.5, 0.6) is 0 Å². The first-order valence-electron chi connectivity index (χ1n) is 7.26. The molecule has 0 aromatic carbocycles. The second kappa shape index (κ2) is 6.39. The van der Waals surface area contributed by atoms with E-state index in [9.17, 15) is 4.79 Å². The molecule has 3 rings (SSSR count). The van der Waals surface area contributed by atoms with E-state index in [1.54, 1.807) is 18.6 Å². The predicted octanol–water partition coefficient (Wildman–Crippen LogP) is 2.24. The molecular weight excluding hydrogens is 266 g/mol. The Morgan fingerprint density at radius 1 is 1.43 bits per heavy atom. The molecule has 2 N–H and O–H groups in total. The van der Waals surface area contributed by atoms with Crippen molar-refractivity contribution in [1.29, 1.82) is 0 Å². The second-order valence-corrected chi connectivity index (χ2v) is 5.26. The van der Waals surface area contributed by atoms with Crippen LogP contribution in [0.1, 0.15) is 36.4 Å². The van der Waals surface area contributed by atoms with Crippen LogP contribution in [0.25, 0.3) is 0 Å². The van der Waals surface area contributed by atoms with Gasteiger partial charge in [-0.2, -0.15) is 5.10 Å². The summed E-state index contributed by atoms with van der Waals surface area (Å²) < 4.78 is 0. The first kappa shape index (κ1) is 13.6. The lowest BCUT2D eigenvalue weighted by Gasteiger charge is -2.35. The summed E-state index contributed by atoms with van der Waals surface area (Å²) in [7, 11) is 0. The molecule has 2 aromatic heterocycles. The smallest absolute Gasteiger partial charge is 0.318 e. The van der Waals surface area contributed by atoms with Gasteiger partial charge in [0.05, 0.1) is 12.2 Å². The van der Waals surface area contributed by atoms with E-state index in [1.807, 2.05) is 23.2 Å². The number of rotatable bonds is 3. The summed E-state index contributed by atoms with van der Waals surface area (Å²) in [5.74, 6) is 0. The number of carbonyl (C=O) groups excluding carboxylic acids is 1. The minimum atomic E-state index is -0.0234. The van der Waals surface area contributed by atoms with Crippen LogP contribution in [0.4, 0.5) is 4.79 Å². The first-order chi connectivity index (χ1) is 10.3. The molecule has 1 unspecified atom stereocenters. The second-order valence-electron chi connectivity index (χ2n) is 5.26. The van der Waals surface area contributed by atoms with Gasteiger partial charge in [0, 0.05) is 37.2 Å². The molecule has 6 nitrogen and oxygen atoms in total. The molecule has 6 heteroatoms. The fourth-order valence-electron chi connectivity index (χ4n) is 2.75. The van der Waals surface area contributed by atoms with Crippen LogP contribution < -0.4 is 5.32 Å². The quantitative estimate of drug-likeness (QED) is 0.908. The molecule has 2 amide bonds. The van der Waals surface area contributed by atoms with E-state index < -0.39 is 0 Å². The van der Waals surface area contributed by atoms with E-state index in [-0.39, 0.29) is 12.1 Å². The van der Waals surface area contributed by atoms with E-state index in [1.165, 1.54) is 0 Å². The monoisotopic (exact) mass is 285 g/mol. The zero-order valence-electron chi connectivity index (χ0n) is 11.8. The summed E-state index contributed by atoms with van der Waals surface area (Å²) >= 11 is 0. The summed E-state index contributed by atoms with van der Waals surface area (Å²) in [4.78, 5) is 18.4. The minimum absolute atomic E-state index is 0.0234. The Kier molecular flexibility index (Phi) is 4.14. The molecule has 1 aliphatic rings. The Hall–Kier alpha value is -2.37. The standard InChI is InChI=1S/C15H19N5O/c21-15(17-9-12-4-3-6-16-8-12)20-7-2-1-5-14(20)13-10-18-19-11-13/h3-4,6,8,10-11,14H,1-2,5,7,9H2,(H,17,21)(H,18,19). The van der Waals surface area contributed by atoms with Gasteiger partial charge in [-0.25, -0.2) is 4.79 Å². The number of aromatic nitrogens is 3. The fourth-order valence-corrected chi connectivity index (χ4v) is 2.75. The number of pyridine rings is 1. The van der Waals surface area contributed by atoms with Gasteiger partial charge in [0.1, 0.15) is 0 Å². The third-order valence-electron chi connectivity index (χ3n) is 3.83. The zero-order valence-corrected chi connectivity index (χ0v) is 11.8. The lowest BCUT2D eigenvalue weighted by molar-refractivity contribution is 0.151. The molecule has 2 aromatic rings. The number of hydrogen-bond donors (Lipinski definition) is 2. The van der Waals surface area contributed by atoms with Crippen molar-refractivity contribution >= 4 is 6.03 Å². The first-order valence-corrected chi connectivity index (χ1v) is 7.26. The maximum Gasteiger partial charge on any atom is 0.318 e. The maximum absolute atomic E-state index is 12.4. The zero-order chi connectivity index (χ0) is 14.5. The number of aromatic amines is 1. The number of H-pyrrole nitrogens is 1. The highest BCUT2D eigenvalue weighted by molar-refractivity contribution is 5.74. The summed E-state index contributed by atoms with van der Waals surface area (Å²) in [6.07, 6.45) is 10.3. The average Bonchev–Trinajstić information content (AvgIpc) is 3.08. The van der Waals surface area contributed by atoms with Gasteiger partial charge in [0.25, 0.3) is 0 Å². The van der Waals surface area contributed by atoms with Crippen LogP contribution in [0.2, 0.25) is 0 Å². The van der Waals surface area contributed by atoms with Crippen molar-refractivity contribution < 1.29 is 4.79 Å². The summed E-state index contributed by atoms with van der Waals surface area (Å²) in [6.45, 7) is 1.29. The highest BCUT2D eigenvalue weighted by atomic mass is 16.2. The van der Waals surface area contributed by atoms with Gasteiger partial charge in [0.15, 0.2) is 0 Å². The van der Waals surface area contributed by atoms with Crippen molar-refractivity contribution in [2.24, 2.45) is 0 Å². The summed E-state index contributed by atoms with van der Waals surface area (Å²) in [6, 6.07) is 3.92. The van der Waals surface area contributed by atoms with Crippen LogP contribution in [-0.4, -0.2) is 32.7 Å². The Morgan fingerprint density at radius 2 is 2.38 bits per heavy atom. The third kappa shape index (κ3) is 3.21. The fraction of sp³-hybridized carbons (Fsp3) is 0.400. The largest absolute Gasteiger partial charge is 0.334 e. The van der Waals surface area contributed by atoms with Crippen molar-refractivity contribution in [1.82, 2.24) is 25.4 Å². The highest BCUT2D eigenvalue weighted by Gasteiger charge is 2.28. The molecule has 0 spiro atoms. The van der Waals surface area contributed by atoms with Crippen LogP contribution in [0.3, 0.4) is 0 Å². The van der Waals surface area contributed by atoms with E-state index >= 15 is 0 Å². The molecule has 1 saturated heterocycles. The number of nitrogens with one attached hydrogen (secondary N) is 2. The van der Waals surface area contributed by atoms with Gasteiger partial charge < -0.3 is 10.2 Å². The Bertz CT molecular complexity index is 569. The van der Waals surface area contributed by atoms with E-state index in [2.05, 4.69) is 20.5 Å². The number of hydrogen-bond acceptors (Lipinski definition) is 3. The topological polar surface area (TPSA) is 73.9 Å². The number of nitrogens with zero attached hydrogens (tertiary/aromatic N) is 3.